The minimum Gasteiger partial charge on any atom is -0.497 e. The summed E-state index contributed by atoms with van der Waals surface area (Å²) in [6, 6.07) is 12.1. The van der Waals surface area contributed by atoms with Crippen LogP contribution in [0.5, 0.6) is 11.5 Å². The number of rotatable bonds is 5. The average Bonchev–Trinajstić information content (AvgIpc) is 2.65. The summed E-state index contributed by atoms with van der Waals surface area (Å²) in [5.41, 5.74) is 7.55. The number of β-amino-alcohol motifs (C(OH)–C–C–N with tert-alkyl or cyclic N) is 1. The smallest absolute Gasteiger partial charge is 0.294 e. The number of ether oxygens (including phenoxy) is 2. The van der Waals surface area contributed by atoms with Gasteiger partial charge < -0.3 is 25.4 Å². The predicted molar refractivity (Wildman–Crippen MR) is 97.9 cm³/mol. The van der Waals surface area contributed by atoms with Crippen molar-refractivity contribution < 1.29 is 24.5 Å². The number of aliphatic hydroxyl groups excluding tert-OH is 2. The predicted octanol–water partition coefficient (Wildman–Crippen LogP) is 1.40. The third-order valence-corrected chi connectivity index (χ3v) is 3.97. The van der Waals surface area contributed by atoms with Crippen LogP contribution in [0.15, 0.2) is 48.2 Å². The molecule has 7 heteroatoms. The zero-order valence-electron chi connectivity index (χ0n) is 14.3. The monoisotopic (exact) mass is 356 g/mol. The lowest BCUT2D eigenvalue weighted by molar-refractivity contribution is -0.118. The standard InChI is InChI=1S/C19H20N2O5/c1-25-15-5-2-12(3-6-15)8-18-19(24)21(10-14(23)11-22)16-7-4-13(20)9-17(16)26-18/h2-9,14,22-23H,10-11,20H2,1H3/b18-8+. The number of nitrogen functional groups attached to an aromatic ring is 1. The Balaban J connectivity index is 1.98. The van der Waals surface area contributed by atoms with Crippen molar-refractivity contribution in [2.24, 2.45) is 0 Å². The summed E-state index contributed by atoms with van der Waals surface area (Å²) in [6.45, 7) is -0.512. The molecule has 1 atom stereocenters. The van der Waals surface area contributed by atoms with Crippen LogP contribution in [-0.2, 0) is 4.79 Å². The maximum Gasteiger partial charge on any atom is 0.294 e. The van der Waals surface area contributed by atoms with Crippen LogP contribution >= 0.6 is 0 Å². The highest BCUT2D eigenvalue weighted by atomic mass is 16.5. The fraction of sp³-hybridized carbons (Fsp3) is 0.211. The molecule has 26 heavy (non-hydrogen) atoms. The van der Waals surface area contributed by atoms with Crippen LogP contribution in [-0.4, -0.2) is 42.5 Å². The Labute approximate surface area is 150 Å². The summed E-state index contributed by atoms with van der Waals surface area (Å²) >= 11 is 0. The minimum absolute atomic E-state index is 0.0600. The fourth-order valence-electron chi connectivity index (χ4n) is 2.63. The lowest BCUT2D eigenvalue weighted by atomic mass is 10.1. The molecule has 1 amide bonds. The molecule has 1 aliphatic rings. The van der Waals surface area contributed by atoms with Crippen LogP contribution in [0, 0.1) is 0 Å². The largest absolute Gasteiger partial charge is 0.497 e. The molecule has 3 rings (SSSR count). The first kappa shape index (κ1) is 17.8. The highest BCUT2D eigenvalue weighted by molar-refractivity contribution is 6.10. The van der Waals surface area contributed by atoms with Crippen molar-refractivity contribution in [1.82, 2.24) is 0 Å². The van der Waals surface area contributed by atoms with E-state index >= 15 is 0 Å². The van der Waals surface area contributed by atoms with Gasteiger partial charge in [0.25, 0.3) is 5.91 Å². The molecule has 0 bridgehead atoms. The minimum atomic E-state index is -1.07. The van der Waals surface area contributed by atoms with E-state index < -0.39 is 18.6 Å². The van der Waals surface area contributed by atoms with Crippen LogP contribution in [0.1, 0.15) is 5.56 Å². The molecule has 7 nitrogen and oxygen atoms in total. The lowest BCUT2D eigenvalue weighted by Crippen LogP contribution is -2.43. The van der Waals surface area contributed by atoms with Gasteiger partial charge in [-0.25, -0.2) is 0 Å². The number of carbonyl (C=O) groups excluding carboxylic acids is 1. The van der Waals surface area contributed by atoms with Gasteiger partial charge in [-0.3, -0.25) is 9.69 Å². The number of hydrogen-bond donors (Lipinski definition) is 3. The molecule has 0 spiro atoms. The summed E-state index contributed by atoms with van der Waals surface area (Å²) in [7, 11) is 1.58. The van der Waals surface area contributed by atoms with Crippen molar-refractivity contribution >= 4 is 23.4 Å². The summed E-state index contributed by atoms with van der Waals surface area (Å²) in [4.78, 5) is 14.2. The number of nitrogens with zero attached hydrogens (tertiary/aromatic N) is 1. The van der Waals surface area contributed by atoms with E-state index in [1.54, 1.807) is 55.7 Å². The molecule has 4 N–H and O–H groups in total. The number of benzene rings is 2. The molecule has 1 unspecified atom stereocenters. The Kier molecular flexibility index (Phi) is 5.11. The molecule has 1 aliphatic heterocycles. The molecular formula is C19H20N2O5. The number of aliphatic hydroxyl groups is 2. The molecule has 0 saturated carbocycles. The number of hydrogen-bond acceptors (Lipinski definition) is 6. The third kappa shape index (κ3) is 3.63. The molecule has 0 aromatic heterocycles. The van der Waals surface area contributed by atoms with E-state index in [2.05, 4.69) is 0 Å². The molecule has 2 aromatic rings. The Morgan fingerprint density at radius 3 is 2.65 bits per heavy atom. The van der Waals surface area contributed by atoms with E-state index in [-0.39, 0.29) is 12.3 Å². The number of fused-ring (bicyclic) bond motifs is 1. The van der Waals surface area contributed by atoms with Gasteiger partial charge in [-0.1, -0.05) is 12.1 Å². The second-order valence-corrected chi connectivity index (χ2v) is 5.86. The Bertz CT molecular complexity index is 832. The van der Waals surface area contributed by atoms with E-state index in [1.807, 2.05) is 0 Å². The fourth-order valence-corrected chi connectivity index (χ4v) is 2.63. The number of carbonyl (C=O) groups is 1. The van der Waals surface area contributed by atoms with Gasteiger partial charge in [0.2, 0.25) is 0 Å². The quantitative estimate of drug-likeness (QED) is 0.552. The Morgan fingerprint density at radius 1 is 1.27 bits per heavy atom. The van der Waals surface area contributed by atoms with E-state index in [4.69, 9.17) is 20.3 Å². The maximum atomic E-state index is 12.8. The highest BCUT2D eigenvalue weighted by Crippen LogP contribution is 2.37. The normalized spacial score (nSPS) is 16.2. The van der Waals surface area contributed by atoms with Crippen molar-refractivity contribution in [1.29, 1.82) is 0 Å². The molecule has 0 fully saturated rings. The third-order valence-electron chi connectivity index (χ3n) is 3.97. The molecule has 0 aliphatic carbocycles. The summed E-state index contributed by atoms with van der Waals surface area (Å²) in [6.07, 6.45) is 0.538. The summed E-state index contributed by atoms with van der Waals surface area (Å²) < 4.78 is 10.9. The topological polar surface area (TPSA) is 105 Å². The number of amides is 1. The van der Waals surface area contributed by atoms with Gasteiger partial charge in [-0.2, -0.15) is 0 Å². The van der Waals surface area contributed by atoms with Crippen molar-refractivity contribution in [3.05, 3.63) is 53.8 Å². The van der Waals surface area contributed by atoms with Gasteiger partial charge in [0.05, 0.1) is 32.1 Å². The first-order chi connectivity index (χ1) is 12.5. The van der Waals surface area contributed by atoms with E-state index in [9.17, 15) is 9.90 Å². The van der Waals surface area contributed by atoms with Crippen LogP contribution in [0.4, 0.5) is 11.4 Å². The van der Waals surface area contributed by atoms with Gasteiger partial charge in [0.1, 0.15) is 5.75 Å². The van der Waals surface area contributed by atoms with Gasteiger partial charge >= 0.3 is 0 Å². The van der Waals surface area contributed by atoms with Crippen molar-refractivity contribution in [3.63, 3.8) is 0 Å². The summed E-state index contributed by atoms with van der Waals surface area (Å²) in [5, 5.41) is 18.9. The Hall–Kier alpha value is -3.03. The molecular weight excluding hydrogens is 336 g/mol. The SMILES string of the molecule is COc1ccc(/C=C2/Oc3cc(N)ccc3N(CC(O)CO)C2=O)cc1. The van der Waals surface area contributed by atoms with Crippen LogP contribution in [0.25, 0.3) is 6.08 Å². The van der Waals surface area contributed by atoms with Crippen molar-refractivity contribution in [2.45, 2.75) is 6.10 Å². The van der Waals surface area contributed by atoms with E-state index in [0.29, 0.717) is 22.9 Å². The Morgan fingerprint density at radius 2 is 2.00 bits per heavy atom. The van der Waals surface area contributed by atoms with Gasteiger partial charge in [-0.05, 0) is 35.9 Å². The first-order valence-electron chi connectivity index (χ1n) is 8.05. The van der Waals surface area contributed by atoms with Crippen LogP contribution < -0.4 is 20.1 Å². The maximum absolute atomic E-state index is 12.8. The second kappa shape index (κ2) is 7.47. The zero-order valence-corrected chi connectivity index (χ0v) is 14.3. The van der Waals surface area contributed by atoms with E-state index in [0.717, 1.165) is 5.56 Å². The molecule has 136 valence electrons. The average molecular weight is 356 g/mol. The second-order valence-electron chi connectivity index (χ2n) is 5.86. The number of nitrogens with two attached hydrogens (primary N) is 1. The summed E-state index contributed by atoms with van der Waals surface area (Å²) in [5.74, 6) is 0.798. The molecule has 1 heterocycles. The molecule has 0 radical (unpaired) electrons. The lowest BCUT2D eigenvalue weighted by Gasteiger charge is -2.31. The van der Waals surface area contributed by atoms with Crippen LogP contribution in [0.2, 0.25) is 0 Å². The highest BCUT2D eigenvalue weighted by Gasteiger charge is 2.31. The van der Waals surface area contributed by atoms with Gasteiger partial charge in [-0.15, -0.1) is 0 Å². The van der Waals surface area contributed by atoms with Crippen LogP contribution in [0.3, 0.4) is 0 Å². The van der Waals surface area contributed by atoms with Crippen molar-refractivity contribution in [3.8, 4) is 11.5 Å². The number of anilines is 2. The van der Waals surface area contributed by atoms with Gasteiger partial charge in [0, 0.05) is 11.8 Å². The van der Waals surface area contributed by atoms with Gasteiger partial charge in [0.15, 0.2) is 11.5 Å². The molecule has 0 saturated heterocycles. The zero-order chi connectivity index (χ0) is 18.7. The van der Waals surface area contributed by atoms with Crippen molar-refractivity contribution in [2.75, 3.05) is 30.9 Å². The van der Waals surface area contributed by atoms with E-state index in [1.165, 1.54) is 4.90 Å². The molecule has 2 aromatic carbocycles. The first-order valence-corrected chi connectivity index (χ1v) is 8.05. The number of methoxy groups -OCH3 is 1.